The van der Waals surface area contributed by atoms with Crippen LogP contribution in [0.4, 0.5) is 10.1 Å². The molecule has 0 saturated carbocycles. The van der Waals surface area contributed by atoms with E-state index < -0.39 is 5.97 Å². The van der Waals surface area contributed by atoms with E-state index in [-0.39, 0.29) is 5.82 Å². The number of aliphatic carboxylic acids is 1. The van der Waals surface area contributed by atoms with Gasteiger partial charge in [-0.1, -0.05) is 6.08 Å². The predicted molar refractivity (Wildman–Crippen MR) is 64.4 cm³/mol. The maximum atomic E-state index is 12.7. The molecule has 0 aliphatic heterocycles. The first-order valence-electron chi connectivity index (χ1n) is 4.18. The number of anilines is 1. The predicted octanol–water partition coefficient (Wildman–Crippen LogP) is 2.48. The van der Waals surface area contributed by atoms with Crippen LogP contribution < -0.4 is 5.32 Å². The van der Waals surface area contributed by atoms with E-state index in [1.54, 1.807) is 6.07 Å². The average molecular weight is 321 g/mol. The Balaban J connectivity index is 2.54. The number of nitrogens with one attached hydrogen (secondary N) is 1. The monoisotopic (exact) mass is 321 g/mol. The number of carbonyl (C=O) groups is 1. The largest absolute Gasteiger partial charge is 0.478 e. The Morgan fingerprint density at radius 3 is 2.93 bits per heavy atom. The van der Waals surface area contributed by atoms with Gasteiger partial charge in [-0.25, -0.2) is 9.18 Å². The van der Waals surface area contributed by atoms with Crippen LogP contribution in [0, 0.1) is 9.39 Å². The van der Waals surface area contributed by atoms with Gasteiger partial charge in [0.1, 0.15) is 5.82 Å². The fraction of sp³-hybridized carbons (Fsp3) is 0.100. The molecule has 15 heavy (non-hydrogen) atoms. The van der Waals surface area contributed by atoms with Crippen LogP contribution in [0.15, 0.2) is 30.4 Å². The van der Waals surface area contributed by atoms with Crippen molar-refractivity contribution in [3.05, 3.63) is 39.7 Å². The summed E-state index contributed by atoms with van der Waals surface area (Å²) in [5, 5.41) is 11.3. The molecule has 0 heterocycles. The first kappa shape index (κ1) is 12.0. The minimum Gasteiger partial charge on any atom is -0.478 e. The third kappa shape index (κ3) is 4.28. The van der Waals surface area contributed by atoms with Crippen molar-refractivity contribution in [1.82, 2.24) is 0 Å². The van der Waals surface area contributed by atoms with Crippen molar-refractivity contribution in [2.75, 3.05) is 11.9 Å². The maximum absolute atomic E-state index is 12.7. The quantitative estimate of drug-likeness (QED) is 0.662. The number of carboxylic acid groups (broad SMARTS) is 1. The molecule has 5 heteroatoms. The van der Waals surface area contributed by atoms with Gasteiger partial charge in [0, 0.05) is 21.9 Å². The van der Waals surface area contributed by atoms with Crippen molar-refractivity contribution in [2.24, 2.45) is 0 Å². The maximum Gasteiger partial charge on any atom is 0.328 e. The highest BCUT2D eigenvalue weighted by molar-refractivity contribution is 14.1. The normalized spacial score (nSPS) is 10.5. The van der Waals surface area contributed by atoms with Gasteiger partial charge in [0.15, 0.2) is 0 Å². The van der Waals surface area contributed by atoms with E-state index in [2.05, 4.69) is 5.32 Å². The van der Waals surface area contributed by atoms with Gasteiger partial charge in [-0.2, -0.15) is 0 Å². The third-order valence-corrected chi connectivity index (χ3v) is 2.49. The van der Waals surface area contributed by atoms with Crippen molar-refractivity contribution in [1.29, 1.82) is 0 Å². The molecule has 0 atom stereocenters. The van der Waals surface area contributed by atoms with Crippen LogP contribution in [0.25, 0.3) is 0 Å². The first-order valence-corrected chi connectivity index (χ1v) is 5.26. The van der Waals surface area contributed by atoms with E-state index in [1.807, 2.05) is 22.6 Å². The van der Waals surface area contributed by atoms with Crippen molar-refractivity contribution >= 4 is 34.2 Å². The summed E-state index contributed by atoms with van der Waals surface area (Å²) in [5.41, 5.74) is 0.784. The molecule has 0 aromatic heterocycles. The Labute approximate surface area is 100 Å². The van der Waals surface area contributed by atoms with E-state index in [0.717, 1.165) is 15.3 Å². The van der Waals surface area contributed by atoms with E-state index in [0.29, 0.717) is 6.54 Å². The van der Waals surface area contributed by atoms with Crippen molar-refractivity contribution in [3.8, 4) is 0 Å². The Bertz CT molecular complexity index is 393. The minimum atomic E-state index is -0.981. The van der Waals surface area contributed by atoms with Crippen LogP contribution in [0.1, 0.15) is 0 Å². The summed E-state index contributed by atoms with van der Waals surface area (Å²) >= 11 is 2.01. The summed E-state index contributed by atoms with van der Waals surface area (Å²) < 4.78 is 13.5. The van der Waals surface area contributed by atoms with Gasteiger partial charge in [0.25, 0.3) is 0 Å². The van der Waals surface area contributed by atoms with Crippen molar-refractivity contribution in [2.45, 2.75) is 0 Å². The third-order valence-electron chi connectivity index (χ3n) is 1.60. The molecular formula is C10H9FINO2. The minimum absolute atomic E-state index is 0.286. The molecule has 0 bridgehead atoms. The molecule has 80 valence electrons. The number of rotatable bonds is 4. The van der Waals surface area contributed by atoms with E-state index in [1.165, 1.54) is 18.2 Å². The number of benzene rings is 1. The highest BCUT2D eigenvalue weighted by atomic mass is 127. The molecule has 1 rings (SSSR count). The Morgan fingerprint density at radius 1 is 1.60 bits per heavy atom. The van der Waals surface area contributed by atoms with Crippen LogP contribution in [0.5, 0.6) is 0 Å². The van der Waals surface area contributed by atoms with Crippen LogP contribution in [0.2, 0.25) is 0 Å². The summed E-state index contributed by atoms with van der Waals surface area (Å²) in [6.07, 6.45) is 2.55. The lowest BCUT2D eigenvalue weighted by molar-refractivity contribution is -0.131. The zero-order valence-electron chi connectivity index (χ0n) is 7.71. The Hall–Kier alpha value is -1.11. The molecule has 0 spiro atoms. The molecule has 0 amide bonds. The van der Waals surface area contributed by atoms with Crippen LogP contribution in [-0.4, -0.2) is 17.6 Å². The second-order valence-corrected chi connectivity index (χ2v) is 3.91. The molecule has 0 radical (unpaired) electrons. The second-order valence-electron chi connectivity index (χ2n) is 2.75. The fourth-order valence-electron chi connectivity index (χ4n) is 0.961. The smallest absolute Gasteiger partial charge is 0.328 e. The van der Waals surface area contributed by atoms with Gasteiger partial charge in [-0.15, -0.1) is 0 Å². The standard InChI is InChI=1S/C10H9FINO2/c11-7-3-4-9(8(12)6-7)13-5-1-2-10(14)15/h1-4,6,13H,5H2,(H,14,15)/b2-1+. The number of hydrogen-bond donors (Lipinski definition) is 2. The molecule has 0 fully saturated rings. The summed E-state index contributed by atoms with van der Waals surface area (Å²) in [5.74, 6) is -1.27. The molecule has 2 N–H and O–H groups in total. The highest BCUT2D eigenvalue weighted by Crippen LogP contribution is 2.18. The molecule has 0 aliphatic carbocycles. The van der Waals surface area contributed by atoms with Gasteiger partial charge in [-0.05, 0) is 40.8 Å². The van der Waals surface area contributed by atoms with E-state index in [4.69, 9.17) is 5.11 Å². The second kappa shape index (κ2) is 5.69. The molecule has 3 nitrogen and oxygen atoms in total. The molecule has 0 aliphatic rings. The highest BCUT2D eigenvalue weighted by Gasteiger charge is 1.99. The molecule has 1 aromatic carbocycles. The van der Waals surface area contributed by atoms with Crippen LogP contribution in [-0.2, 0) is 4.79 Å². The number of carboxylic acids is 1. The van der Waals surface area contributed by atoms with Gasteiger partial charge in [0.2, 0.25) is 0 Å². The topological polar surface area (TPSA) is 49.3 Å². The molecule has 1 aromatic rings. The van der Waals surface area contributed by atoms with E-state index >= 15 is 0 Å². The fourth-order valence-corrected chi connectivity index (χ4v) is 1.63. The Morgan fingerprint density at radius 2 is 2.33 bits per heavy atom. The molecular weight excluding hydrogens is 312 g/mol. The van der Waals surface area contributed by atoms with Crippen molar-refractivity contribution in [3.63, 3.8) is 0 Å². The number of hydrogen-bond acceptors (Lipinski definition) is 2. The summed E-state index contributed by atoms with van der Waals surface area (Å²) in [4.78, 5) is 10.2. The van der Waals surface area contributed by atoms with Crippen LogP contribution >= 0.6 is 22.6 Å². The lowest BCUT2D eigenvalue weighted by Gasteiger charge is -2.05. The Kier molecular flexibility index (Phi) is 4.54. The zero-order valence-corrected chi connectivity index (χ0v) is 9.86. The van der Waals surface area contributed by atoms with Crippen molar-refractivity contribution < 1.29 is 14.3 Å². The van der Waals surface area contributed by atoms with Gasteiger partial charge < -0.3 is 10.4 Å². The lowest BCUT2D eigenvalue weighted by Crippen LogP contribution is -2.01. The SMILES string of the molecule is O=C(O)/C=C/CNc1ccc(F)cc1I. The van der Waals surface area contributed by atoms with Gasteiger partial charge >= 0.3 is 5.97 Å². The number of halogens is 2. The van der Waals surface area contributed by atoms with Gasteiger partial charge in [-0.3, -0.25) is 0 Å². The summed E-state index contributed by atoms with van der Waals surface area (Å²) in [6.45, 7) is 0.397. The average Bonchev–Trinajstić information content (AvgIpc) is 2.14. The molecule has 0 unspecified atom stereocenters. The van der Waals surface area contributed by atoms with E-state index in [9.17, 15) is 9.18 Å². The molecule has 0 saturated heterocycles. The lowest BCUT2D eigenvalue weighted by atomic mass is 10.3. The van der Waals surface area contributed by atoms with Gasteiger partial charge in [0.05, 0.1) is 0 Å². The first-order chi connectivity index (χ1) is 7.09. The summed E-state index contributed by atoms with van der Waals surface area (Å²) in [7, 11) is 0. The summed E-state index contributed by atoms with van der Waals surface area (Å²) in [6, 6.07) is 4.38. The van der Waals surface area contributed by atoms with Crippen LogP contribution in [0.3, 0.4) is 0 Å². The zero-order chi connectivity index (χ0) is 11.3.